The van der Waals surface area contributed by atoms with Crippen molar-refractivity contribution in [3.8, 4) is 0 Å². The molecule has 6 nitrogen and oxygen atoms in total. The summed E-state index contributed by atoms with van der Waals surface area (Å²) in [5.41, 5.74) is 3.75. The van der Waals surface area contributed by atoms with Gasteiger partial charge in [0.25, 0.3) is 12.3 Å². The number of nitrogens with two attached hydrogens (primary N) is 1. The van der Waals surface area contributed by atoms with Crippen molar-refractivity contribution in [2.75, 3.05) is 0 Å². The quantitative estimate of drug-likeness (QED) is 0.754. The molecule has 0 saturated heterocycles. The van der Waals surface area contributed by atoms with E-state index in [-0.39, 0.29) is 13.0 Å². The molecule has 0 fully saturated rings. The molecule has 0 aliphatic rings. The predicted octanol–water partition coefficient (Wildman–Crippen LogP) is 0.0855. The SMILES string of the molecule is CC(O)CCn1nnc(C(N)=O)c1C(F)F. The van der Waals surface area contributed by atoms with Crippen LogP contribution in [0.2, 0.25) is 0 Å². The van der Waals surface area contributed by atoms with Crippen LogP contribution in [0.4, 0.5) is 8.78 Å². The number of alkyl halides is 2. The number of primary amides is 1. The number of aromatic nitrogens is 3. The molecule has 1 aromatic heterocycles. The number of amides is 1. The first kappa shape index (κ1) is 12.5. The average molecular weight is 234 g/mol. The van der Waals surface area contributed by atoms with Crippen LogP contribution in [0.25, 0.3) is 0 Å². The molecule has 1 rings (SSSR count). The summed E-state index contributed by atoms with van der Waals surface area (Å²) in [4.78, 5) is 10.8. The van der Waals surface area contributed by atoms with Crippen LogP contribution in [0.3, 0.4) is 0 Å². The maximum Gasteiger partial charge on any atom is 0.282 e. The van der Waals surface area contributed by atoms with Gasteiger partial charge in [0.1, 0.15) is 5.69 Å². The summed E-state index contributed by atoms with van der Waals surface area (Å²) in [5.74, 6) is -1.04. The molecule has 1 aromatic rings. The fourth-order valence-corrected chi connectivity index (χ4v) is 1.19. The minimum Gasteiger partial charge on any atom is -0.393 e. The Balaban J connectivity index is 2.96. The van der Waals surface area contributed by atoms with Crippen LogP contribution in [0, 0.1) is 0 Å². The Morgan fingerprint density at radius 3 is 2.69 bits per heavy atom. The van der Waals surface area contributed by atoms with Crippen molar-refractivity contribution in [2.45, 2.75) is 32.4 Å². The molecule has 1 heterocycles. The lowest BCUT2D eigenvalue weighted by molar-refractivity contribution is 0.0976. The van der Waals surface area contributed by atoms with Gasteiger partial charge in [-0.05, 0) is 13.3 Å². The number of halogens is 2. The lowest BCUT2D eigenvalue weighted by Crippen LogP contribution is -2.16. The fourth-order valence-electron chi connectivity index (χ4n) is 1.19. The third kappa shape index (κ3) is 2.72. The Hall–Kier alpha value is -1.57. The van der Waals surface area contributed by atoms with Gasteiger partial charge in [-0.15, -0.1) is 5.10 Å². The van der Waals surface area contributed by atoms with E-state index in [0.29, 0.717) is 0 Å². The van der Waals surface area contributed by atoms with Gasteiger partial charge in [0.2, 0.25) is 0 Å². The van der Waals surface area contributed by atoms with Gasteiger partial charge in [-0.1, -0.05) is 5.21 Å². The molecule has 0 spiro atoms. The van der Waals surface area contributed by atoms with Crippen molar-refractivity contribution >= 4 is 5.91 Å². The fraction of sp³-hybridized carbons (Fsp3) is 0.625. The second-order valence-corrected chi connectivity index (χ2v) is 3.35. The normalized spacial score (nSPS) is 13.1. The maximum absolute atomic E-state index is 12.6. The van der Waals surface area contributed by atoms with Crippen molar-refractivity contribution in [1.29, 1.82) is 0 Å². The van der Waals surface area contributed by atoms with Gasteiger partial charge in [-0.25, -0.2) is 13.5 Å². The molecule has 0 aliphatic carbocycles. The van der Waals surface area contributed by atoms with E-state index in [0.717, 1.165) is 4.68 Å². The number of carbonyl (C=O) groups is 1. The van der Waals surface area contributed by atoms with E-state index in [1.165, 1.54) is 6.92 Å². The van der Waals surface area contributed by atoms with Gasteiger partial charge < -0.3 is 10.8 Å². The van der Waals surface area contributed by atoms with E-state index in [9.17, 15) is 13.6 Å². The van der Waals surface area contributed by atoms with Crippen molar-refractivity contribution in [3.63, 3.8) is 0 Å². The molecular weight excluding hydrogens is 222 g/mol. The topological polar surface area (TPSA) is 94.0 Å². The lowest BCUT2D eigenvalue weighted by atomic mass is 10.2. The third-order valence-electron chi connectivity index (χ3n) is 1.97. The number of aryl methyl sites for hydroxylation is 1. The molecule has 1 atom stereocenters. The monoisotopic (exact) mass is 234 g/mol. The number of nitrogens with zero attached hydrogens (tertiary/aromatic N) is 3. The van der Waals surface area contributed by atoms with Crippen LogP contribution in [0.1, 0.15) is 36.0 Å². The zero-order valence-corrected chi connectivity index (χ0v) is 8.60. The molecule has 0 saturated carbocycles. The molecule has 1 amide bonds. The van der Waals surface area contributed by atoms with Crippen molar-refractivity contribution in [3.05, 3.63) is 11.4 Å². The zero-order chi connectivity index (χ0) is 12.3. The highest BCUT2D eigenvalue weighted by atomic mass is 19.3. The van der Waals surface area contributed by atoms with Gasteiger partial charge in [0, 0.05) is 6.54 Å². The average Bonchev–Trinajstić information content (AvgIpc) is 2.57. The lowest BCUT2D eigenvalue weighted by Gasteiger charge is -2.07. The van der Waals surface area contributed by atoms with E-state index >= 15 is 0 Å². The summed E-state index contributed by atoms with van der Waals surface area (Å²) in [6.07, 6.45) is -3.29. The van der Waals surface area contributed by atoms with Crippen LogP contribution in [0.5, 0.6) is 0 Å². The molecule has 3 N–H and O–H groups in total. The van der Waals surface area contributed by atoms with Gasteiger partial charge in [0.05, 0.1) is 6.10 Å². The summed E-state index contributed by atoms with van der Waals surface area (Å²) >= 11 is 0. The Labute approximate surface area is 90.0 Å². The van der Waals surface area contributed by atoms with Crippen molar-refractivity contribution in [1.82, 2.24) is 15.0 Å². The number of carbonyl (C=O) groups excluding carboxylic acids is 1. The van der Waals surface area contributed by atoms with Crippen LogP contribution < -0.4 is 5.73 Å². The summed E-state index contributed by atoms with van der Waals surface area (Å²) < 4.78 is 26.2. The van der Waals surface area contributed by atoms with E-state index in [1.54, 1.807) is 0 Å². The molecule has 0 aromatic carbocycles. The first-order chi connectivity index (χ1) is 7.43. The summed E-state index contributed by atoms with van der Waals surface area (Å²) in [6.45, 7) is 1.57. The minimum atomic E-state index is -2.88. The van der Waals surface area contributed by atoms with Crippen molar-refractivity contribution < 1.29 is 18.7 Å². The van der Waals surface area contributed by atoms with E-state index in [1.807, 2.05) is 0 Å². The molecule has 8 heteroatoms. The molecule has 16 heavy (non-hydrogen) atoms. The highest BCUT2D eigenvalue weighted by molar-refractivity contribution is 5.91. The molecule has 1 unspecified atom stereocenters. The van der Waals surface area contributed by atoms with Crippen LogP contribution in [0.15, 0.2) is 0 Å². The first-order valence-electron chi connectivity index (χ1n) is 4.63. The molecule has 0 bridgehead atoms. The number of aliphatic hydroxyl groups is 1. The number of aliphatic hydroxyl groups excluding tert-OH is 1. The van der Waals surface area contributed by atoms with E-state index in [2.05, 4.69) is 10.3 Å². The Kier molecular flexibility index (Phi) is 3.88. The largest absolute Gasteiger partial charge is 0.393 e. The molecule has 0 radical (unpaired) electrons. The summed E-state index contributed by atoms with van der Waals surface area (Å²) in [6, 6.07) is 0. The Morgan fingerprint density at radius 2 is 2.25 bits per heavy atom. The van der Waals surface area contributed by atoms with E-state index < -0.39 is 29.8 Å². The smallest absolute Gasteiger partial charge is 0.282 e. The Bertz CT molecular complexity index is 378. The van der Waals surface area contributed by atoms with Crippen LogP contribution in [-0.4, -0.2) is 32.1 Å². The minimum absolute atomic E-state index is 0.0532. The predicted molar refractivity (Wildman–Crippen MR) is 49.8 cm³/mol. The number of rotatable bonds is 5. The summed E-state index contributed by atoms with van der Waals surface area (Å²) in [7, 11) is 0. The summed E-state index contributed by atoms with van der Waals surface area (Å²) in [5, 5.41) is 15.7. The molecule has 0 aliphatic heterocycles. The zero-order valence-electron chi connectivity index (χ0n) is 8.60. The van der Waals surface area contributed by atoms with Gasteiger partial charge in [0.15, 0.2) is 5.69 Å². The highest BCUT2D eigenvalue weighted by Crippen LogP contribution is 2.21. The van der Waals surface area contributed by atoms with Crippen LogP contribution >= 0.6 is 0 Å². The second-order valence-electron chi connectivity index (χ2n) is 3.35. The van der Waals surface area contributed by atoms with Crippen LogP contribution in [-0.2, 0) is 6.54 Å². The first-order valence-corrected chi connectivity index (χ1v) is 4.63. The highest BCUT2D eigenvalue weighted by Gasteiger charge is 2.24. The number of hydrogen-bond acceptors (Lipinski definition) is 4. The molecule has 90 valence electrons. The third-order valence-corrected chi connectivity index (χ3v) is 1.97. The van der Waals surface area contributed by atoms with Gasteiger partial charge in [-0.3, -0.25) is 4.79 Å². The molecular formula is C8H12F2N4O2. The Morgan fingerprint density at radius 1 is 1.62 bits per heavy atom. The van der Waals surface area contributed by atoms with E-state index in [4.69, 9.17) is 10.8 Å². The number of hydrogen-bond donors (Lipinski definition) is 2. The maximum atomic E-state index is 12.6. The van der Waals surface area contributed by atoms with Crippen molar-refractivity contribution in [2.24, 2.45) is 5.73 Å². The van der Waals surface area contributed by atoms with Gasteiger partial charge >= 0.3 is 0 Å². The second kappa shape index (κ2) is 4.97. The van der Waals surface area contributed by atoms with Gasteiger partial charge in [-0.2, -0.15) is 0 Å². The standard InChI is InChI=1S/C8H12F2N4O2/c1-4(15)2-3-14-6(7(9)10)5(8(11)16)12-13-14/h4,7,15H,2-3H2,1H3,(H2,11,16).